The Balaban J connectivity index is 1.68. The summed E-state index contributed by atoms with van der Waals surface area (Å²) in [6.45, 7) is 0.300. The molecule has 0 spiro atoms. The number of hydrogen-bond acceptors (Lipinski definition) is 3. The largest absolute Gasteiger partial charge is 0.326 e. The molecule has 1 heterocycles. The highest BCUT2D eigenvalue weighted by Crippen LogP contribution is 2.37. The number of fused-ring (bicyclic) bond motifs is 4. The topological polar surface area (TPSA) is 78.6 Å². The number of hydrogen-bond donors (Lipinski definition) is 2. The average molecular weight is 451 g/mol. The van der Waals surface area contributed by atoms with Crippen LogP contribution in [0.1, 0.15) is 16.7 Å². The first kappa shape index (κ1) is 20.9. The zero-order valence-electron chi connectivity index (χ0n) is 19.0. The summed E-state index contributed by atoms with van der Waals surface area (Å²) in [5.74, 6) is 0. The fourth-order valence-electron chi connectivity index (χ4n) is 5.14. The Morgan fingerprint density at radius 1 is 0.800 bits per heavy atom. The van der Waals surface area contributed by atoms with Crippen LogP contribution in [0.15, 0.2) is 97.1 Å². The Morgan fingerprint density at radius 3 is 2.23 bits per heavy atom. The molecule has 3 N–H and O–H groups in total. The van der Waals surface area contributed by atoms with Gasteiger partial charge in [-0.05, 0) is 63.9 Å². The number of nitrogens with two attached hydrogens (primary N) is 1. The van der Waals surface area contributed by atoms with Crippen LogP contribution in [0.25, 0.3) is 49.4 Å². The van der Waals surface area contributed by atoms with Gasteiger partial charge >= 0.3 is 0 Å². The fourth-order valence-corrected chi connectivity index (χ4v) is 5.14. The van der Waals surface area contributed by atoms with Crippen molar-refractivity contribution in [2.24, 2.45) is 5.73 Å². The molecule has 0 unspecified atom stereocenters. The van der Waals surface area contributed by atoms with Gasteiger partial charge in [0, 0.05) is 29.1 Å². The van der Waals surface area contributed by atoms with Gasteiger partial charge in [0.1, 0.15) is 0 Å². The predicted molar refractivity (Wildman–Crippen MR) is 144 cm³/mol. The summed E-state index contributed by atoms with van der Waals surface area (Å²) >= 11 is 0. The first-order valence-corrected chi connectivity index (χ1v) is 11.5. The van der Waals surface area contributed by atoms with Crippen molar-refractivity contribution in [3.8, 4) is 22.9 Å². The normalized spacial score (nSPS) is 11.2. The maximum Gasteiger partial charge on any atom is 0.0991 e. The van der Waals surface area contributed by atoms with E-state index in [0.717, 1.165) is 39.0 Å². The molecule has 6 rings (SSSR count). The third-order valence-corrected chi connectivity index (χ3v) is 6.79. The third-order valence-electron chi connectivity index (χ3n) is 6.79. The van der Waals surface area contributed by atoms with Crippen LogP contribution >= 0.6 is 0 Å². The monoisotopic (exact) mass is 450 g/mol. The van der Waals surface area contributed by atoms with Gasteiger partial charge in [0.25, 0.3) is 0 Å². The molecule has 0 bridgehead atoms. The Morgan fingerprint density at radius 2 is 1.51 bits per heavy atom. The summed E-state index contributed by atoms with van der Waals surface area (Å²) < 4.78 is 2.25. The van der Waals surface area contributed by atoms with E-state index in [1.54, 1.807) is 0 Å². The summed E-state index contributed by atoms with van der Waals surface area (Å²) in [5.41, 5.74) is 13.7. The standard InChI is InChI=1S/C31H22N4/c32-17-20-9-11-21(12-10-20)24-13-14-30(28(19-34)27(24)18-33)35-29-8-4-3-7-25(29)26-15-22-5-1-2-6-23(22)16-31(26)35/h1-16,19,34H,18,33H2. The first-order valence-electron chi connectivity index (χ1n) is 11.5. The number of nitrogens with zero attached hydrogens (tertiary/aromatic N) is 2. The van der Waals surface area contributed by atoms with E-state index in [2.05, 4.69) is 83.4 Å². The number of benzene rings is 5. The van der Waals surface area contributed by atoms with Crippen LogP contribution in [0.4, 0.5) is 0 Å². The zero-order chi connectivity index (χ0) is 23.9. The summed E-state index contributed by atoms with van der Waals surface area (Å²) in [5, 5.41) is 22.3. The van der Waals surface area contributed by atoms with Gasteiger partial charge in [-0.1, -0.05) is 60.7 Å². The molecule has 0 aliphatic rings. The van der Waals surface area contributed by atoms with Gasteiger partial charge in [-0.25, -0.2) is 0 Å². The highest BCUT2D eigenvalue weighted by Gasteiger charge is 2.18. The van der Waals surface area contributed by atoms with Crippen LogP contribution in [0.3, 0.4) is 0 Å². The smallest absolute Gasteiger partial charge is 0.0991 e. The number of aromatic nitrogens is 1. The molecule has 6 aromatic rings. The van der Waals surface area contributed by atoms with E-state index >= 15 is 0 Å². The molecule has 4 nitrogen and oxygen atoms in total. The summed E-state index contributed by atoms with van der Waals surface area (Å²) in [7, 11) is 0. The van der Waals surface area contributed by atoms with Gasteiger partial charge < -0.3 is 15.7 Å². The maximum atomic E-state index is 9.16. The van der Waals surface area contributed by atoms with Crippen molar-refractivity contribution < 1.29 is 0 Å². The Hall–Kier alpha value is -4.72. The van der Waals surface area contributed by atoms with E-state index in [1.165, 1.54) is 27.8 Å². The van der Waals surface area contributed by atoms with E-state index in [0.29, 0.717) is 12.1 Å². The lowest BCUT2D eigenvalue weighted by Gasteiger charge is -2.18. The summed E-state index contributed by atoms with van der Waals surface area (Å²) in [6.07, 6.45) is 1.41. The molecule has 1 aromatic heterocycles. The summed E-state index contributed by atoms with van der Waals surface area (Å²) in [4.78, 5) is 0. The molecule has 0 saturated heterocycles. The van der Waals surface area contributed by atoms with Crippen LogP contribution < -0.4 is 5.73 Å². The van der Waals surface area contributed by atoms with Gasteiger partial charge in [-0.2, -0.15) is 5.26 Å². The third kappa shape index (κ3) is 3.22. The van der Waals surface area contributed by atoms with E-state index in [4.69, 9.17) is 16.4 Å². The van der Waals surface area contributed by atoms with Crippen molar-refractivity contribution in [1.29, 1.82) is 10.7 Å². The number of nitriles is 1. The lowest BCUT2D eigenvalue weighted by atomic mass is 9.93. The quantitative estimate of drug-likeness (QED) is 0.286. The van der Waals surface area contributed by atoms with Gasteiger partial charge in [0.05, 0.1) is 28.4 Å². The zero-order valence-corrected chi connectivity index (χ0v) is 19.0. The van der Waals surface area contributed by atoms with Crippen molar-refractivity contribution in [2.45, 2.75) is 6.54 Å². The van der Waals surface area contributed by atoms with Gasteiger partial charge in [-0.15, -0.1) is 0 Å². The minimum Gasteiger partial charge on any atom is -0.326 e. The van der Waals surface area contributed by atoms with Crippen LogP contribution in [0.2, 0.25) is 0 Å². The maximum absolute atomic E-state index is 9.16. The van der Waals surface area contributed by atoms with Gasteiger partial charge in [-0.3, -0.25) is 0 Å². The Bertz CT molecular complexity index is 1800. The molecule has 0 fully saturated rings. The molecule has 4 heteroatoms. The number of rotatable bonds is 4. The molecular formula is C31H22N4. The molecule has 35 heavy (non-hydrogen) atoms. The minimum absolute atomic E-state index is 0.300. The van der Waals surface area contributed by atoms with Crippen LogP contribution in [-0.2, 0) is 6.54 Å². The SMILES string of the molecule is N#Cc1ccc(-c2ccc(-n3c4ccccc4c4cc5ccccc5cc43)c(C=N)c2CN)cc1. The van der Waals surface area contributed by atoms with Crippen molar-refractivity contribution in [3.63, 3.8) is 0 Å². The first-order chi connectivity index (χ1) is 17.2. The Labute approximate surface area is 203 Å². The molecule has 0 aliphatic carbocycles. The molecular weight excluding hydrogens is 428 g/mol. The second-order valence-electron chi connectivity index (χ2n) is 8.63. The second-order valence-corrected chi connectivity index (χ2v) is 8.63. The number of para-hydroxylation sites is 1. The van der Waals surface area contributed by atoms with E-state index in [9.17, 15) is 0 Å². The molecule has 5 aromatic carbocycles. The van der Waals surface area contributed by atoms with Crippen molar-refractivity contribution in [2.75, 3.05) is 0 Å². The molecule has 166 valence electrons. The average Bonchev–Trinajstić information content (AvgIpc) is 3.24. The fraction of sp³-hybridized carbons (Fsp3) is 0.0323. The van der Waals surface area contributed by atoms with E-state index in [1.807, 2.05) is 24.3 Å². The molecule has 0 amide bonds. The van der Waals surface area contributed by atoms with Crippen molar-refractivity contribution in [1.82, 2.24) is 4.57 Å². The van der Waals surface area contributed by atoms with Crippen LogP contribution in [0.5, 0.6) is 0 Å². The molecule has 0 saturated carbocycles. The van der Waals surface area contributed by atoms with Crippen LogP contribution in [-0.4, -0.2) is 10.8 Å². The van der Waals surface area contributed by atoms with E-state index in [-0.39, 0.29) is 0 Å². The molecule has 0 atom stereocenters. The van der Waals surface area contributed by atoms with Gasteiger partial charge in [0.15, 0.2) is 0 Å². The number of nitrogens with one attached hydrogen (secondary N) is 1. The van der Waals surface area contributed by atoms with Gasteiger partial charge in [0.2, 0.25) is 0 Å². The molecule has 0 radical (unpaired) electrons. The van der Waals surface area contributed by atoms with Crippen LogP contribution in [0, 0.1) is 16.7 Å². The lowest BCUT2D eigenvalue weighted by molar-refractivity contribution is 1.05. The Kier molecular flexibility index (Phi) is 4.92. The summed E-state index contributed by atoms with van der Waals surface area (Å²) in [6, 6.07) is 35.1. The predicted octanol–water partition coefficient (Wildman–Crippen LogP) is 6.93. The minimum atomic E-state index is 0.300. The second kappa shape index (κ2) is 8.25. The van der Waals surface area contributed by atoms with Crippen molar-refractivity contribution >= 4 is 38.8 Å². The molecule has 0 aliphatic heterocycles. The van der Waals surface area contributed by atoms with Crippen molar-refractivity contribution in [3.05, 3.63) is 114 Å². The van der Waals surface area contributed by atoms with E-state index < -0.39 is 0 Å². The highest BCUT2D eigenvalue weighted by atomic mass is 15.0. The lowest BCUT2D eigenvalue weighted by Crippen LogP contribution is -2.08. The highest BCUT2D eigenvalue weighted by molar-refractivity contribution is 6.14.